The minimum absolute atomic E-state index is 0. The van der Waals surface area contributed by atoms with E-state index in [1.807, 2.05) is 7.05 Å². The second-order valence-electron chi connectivity index (χ2n) is 6.22. The number of likely N-dealkylation sites (N-methyl/N-ethyl adjacent to an activating group) is 1. The van der Waals surface area contributed by atoms with Crippen LogP contribution in [-0.2, 0) is 6.54 Å². The highest BCUT2D eigenvalue weighted by Crippen LogP contribution is 2.29. The predicted octanol–water partition coefficient (Wildman–Crippen LogP) is 3.08. The Bertz CT molecular complexity index is 419. The topological polar surface area (TPSA) is 24.5 Å². The maximum absolute atomic E-state index is 5.79. The summed E-state index contributed by atoms with van der Waals surface area (Å²) in [6.07, 6.45) is 5.35. The molecule has 4 heteroatoms. The van der Waals surface area contributed by atoms with Crippen LogP contribution in [0, 0.1) is 5.92 Å². The average Bonchev–Trinajstić information content (AvgIpc) is 3.20. The standard InChI is InChI=1S/C17H26N2O.ClH/c1-18-11-16-3-2-10-19(16)12-14-6-8-17(9-7-14)20-13-15-4-5-15;/h6-9,15-16,18H,2-5,10-13H2,1H3;1H. The summed E-state index contributed by atoms with van der Waals surface area (Å²) < 4.78 is 5.79. The summed E-state index contributed by atoms with van der Waals surface area (Å²) in [6, 6.07) is 9.39. The fourth-order valence-electron chi connectivity index (χ4n) is 2.99. The number of rotatable bonds is 7. The molecule has 1 saturated carbocycles. The number of nitrogens with one attached hydrogen (secondary N) is 1. The van der Waals surface area contributed by atoms with Gasteiger partial charge in [-0.25, -0.2) is 0 Å². The first-order valence-electron chi connectivity index (χ1n) is 7.95. The zero-order valence-electron chi connectivity index (χ0n) is 12.9. The van der Waals surface area contributed by atoms with E-state index in [-0.39, 0.29) is 12.4 Å². The monoisotopic (exact) mass is 310 g/mol. The molecule has 1 N–H and O–H groups in total. The molecule has 1 aromatic carbocycles. The van der Waals surface area contributed by atoms with Gasteiger partial charge in [0.1, 0.15) is 5.75 Å². The highest BCUT2D eigenvalue weighted by Gasteiger charge is 2.24. The van der Waals surface area contributed by atoms with Crippen molar-refractivity contribution in [3.63, 3.8) is 0 Å². The molecule has 1 atom stereocenters. The first-order chi connectivity index (χ1) is 9.85. The van der Waals surface area contributed by atoms with Crippen LogP contribution in [-0.4, -0.2) is 37.7 Å². The van der Waals surface area contributed by atoms with Gasteiger partial charge < -0.3 is 10.1 Å². The molecule has 1 saturated heterocycles. The van der Waals surface area contributed by atoms with E-state index in [4.69, 9.17) is 4.74 Å². The molecule has 1 aromatic rings. The van der Waals surface area contributed by atoms with Crippen molar-refractivity contribution in [2.45, 2.75) is 38.3 Å². The van der Waals surface area contributed by atoms with E-state index in [0.29, 0.717) is 6.04 Å². The molecule has 21 heavy (non-hydrogen) atoms. The molecule has 0 amide bonds. The van der Waals surface area contributed by atoms with Crippen LogP contribution in [0.5, 0.6) is 5.75 Å². The predicted molar refractivity (Wildman–Crippen MR) is 89.3 cm³/mol. The maximum atomic E-state index is 5.79. The van der Waals surface area contributed by atoms with Crippen molar-refractivity contribution in [1.29, 1.82) is 0 Å². The van der Waals surface area contributed by atoms with Crippen LogP contribution >= 0.6 is 12.4 Å². The van der Waals surface area contributed by atoms with Crippen LogP contribution in [0.25, 0.3) is 0 Å². The summed E-state index contributed by atoms with van der Waals surface area (Å²) in [6.45, 7) is 4.29. The zero-order valence-corrected chi connectivity index (χ0v) is 13.7. The van der Waals surface area contributed by atoms with Crippen molar-refractivity contribution in [2.75, 3.05) is 26.7 Å². The van der Waals surface area contributed by atoms with E-state index in [9.17, 15) is 0 Å². The number of likely N-dealkylation sites (tertiary alicyclic amines) is 1. The van der Waals surface area contributed by atoms with E-state index >= 15 is 0 Å². The Morgan fingerprint density at radius 2 is 1.95 bits per heavy atom. The lowest BCUT2D eigenvalue weighted by molar-refractivity contribution is 0.242. The van der Waals surface area contributed by atoms with Crippen LogP contribution < -0.4 is 10.1 Å². The Hall–Kier alpha value is -0.770. The lowest BCUT2D eigenvalue weighted by Crippen LogP contribution is -2.36. The van der Waals surface area contributed by atoms with Gasteiger partial charge in [-0.2, -0.15) is 0 Å². The van der Waals surface area contributed by atoms with Crippen LogP contribution in [0.2, 0.25) is 0 Å². The largest absolute Gasteiger partial charge is 0.493 e. The van der Waals surface area contributed by atoms with Gasteiger partial charge in [-0.05, 0) is 62.9 Å². The molecule has 3 rings (SSSR count). The van der Waals surface area contributed by atoms with Gasteiger partial charge in [0, 0.05) is 19.1 Å². The lowest BCUT2D eigenvalue weighted by atomic mass is 10.1. The molecular weight excluding hydrogens is 284 g/mol. The third-order valence-electron chi connectivity index (χ3n) is 4.43. The maximum Gasteiger partial charge on any atom is 0.119 e. The molecule has 1 aliphatic heterocycles. The number of ether oxygens (including phenoxy) is 1. The Labute approximate surface area is 134 Å². The summed E-state index contributed by atoms with van der Waals surface area (Å²) in [5, 5.41) is 3.31. The SMILES string of the molecule is CNCC1CCCN1Cc1ccc(OCC2CC2)cc1.Cl. The van der Waals surface area contributed by atoms with E-state index < -0.39 is 0 Å². The third-order valence-corrected chi connectivity index (χ3v) is 4.43. The van der Waals surface area contributed by atoms with Gasteiger partial charge in [0.2, 0.25) is 0 Å². The summed E-state index contributed by atoms with van der Waals surface area (Å²) in [4.78, 5) is 2.59. The zero-order chi connectivity index (χ0) is 13.8. The Kier molecular flexibility index (Phi) is 6.34. The molecule has 1 aliphatic carbocycles. The number of hydrogen-bond donors (Lipinski definition) is 1. The first kappa shape index (κ1) is 16.6. The molecular formula is C17H27ClN2O. The number of hydrogen-bond acceptors (Lipinski definition) is 3. The van der Waals surface area contributed by atoms with Crippen molar-refractivity contribution < 1.29 is 4.74 Å². The van der Waals surface area contributed by atoms with Crippen molar-refractivity contribution in [1.82, 2.24) is 10.2 Å². The van der Waals surface area contributed by atoms with Gasteiger partial charge in [-0.1, -0.05) is 12.1 Å². The fraction of sp³-hybridized carbons (Fsp3) is 0.647. The molecule has 2 aliphatic rings. The van der Waals surface area contributed by atoms with Crippen molar-refractivity contribution in [3.8, 4) is 5.75 Å². The number of halogens is 1. The summed E-state index contributed by atoms with van der Waals surface area (Å²) in [5.74, 6) is 1.84. The molecule has 0 bridgehead atoms. The Morgan fingerprint density at radius 3 is 2.62 bits per heavy atom. The molecule has 1 heterocycles. The van der Waals surface area contributed by atoms with Crippen LogP contribution in [0.15, 0.2) is 24.3 Å². The highest BCUT2D eigenvalue weighted by molar-refractivity contribution is 5.85. The van der Waals surface area contributed by atoms with E-state index in [1.54, 1.807) is 0 Å². The summed E-state index contributed by atoms with van der Waals surface area (Å²) in [7, 11) is 2.04. The molecule has 0 spiro atoms. The van der Waals surface area contributed by atoms with Crippen LogP contribution in [0.3, 0.4) is 0 Å². The van der Waals surface area contributed by atoms with Crippen molar-refractivity contribution in [2.24, 2.45) is 5.92 Å². The molecule has 118 valence electrons. The molecule has 2 fully saturated rings. The second-order valence-corrected chi connectivity index (χ2v) is 6.22. The van der Waals surface area contributed by atoms with Gasteiger partial charge in [0.15, 0.2) is 0 Å². The molecule has 3 nitrogen and oxygen atoms in total. The van der Waals surface area contributed by atoms with Gasteiger partial charge in [-0.3, -0.25) is 4.90 Å². The average molecular weight is 311 g/mol. The van der Waals surface area contributed by atoms with Gasteiger partial charge in [0.25, 0.3) is 0 Å². The highest BCUT2D eigenvalue weighted by atomic mass is 35.5. The quantitative estimate of drug-likeness (QED) is 0.837. The third kappa shape index (κ3) is 4.87. The smallest absolute Gasteiger partial charge is 0.119 e. The van der Waals surface area contributed by atoms with Crippen LogP contribution in [0.4, 0.5) is 0 Å². The molecule has 0 aromatic heterocycles. The Morgan fingerprint density at radius 1 is 1.19 bits per heavy atom. The second kappa shape index (κ2) is 8.02. The van der Waals surface area contributed by atoms with Crippen LogP contribution in [0.1, 0.15) is 31.2 Å². The van der Waals surface area contributed by atoms with Crippen molar-refractivity contribution >= 4 is 12.4 Å². The minimum atomic E-state index is 0. The van der Waals surface area contributed by atoms with Gasteiger partial charge in [0.05, 0.1) is 6.61 Å². The summed E-state index contributed by atoms with van der Waals surface area (Å²) >= 11 is 0. The fourth-order valence-corrected chi connectivity index (χ4v) is 2.99. The normalized spacial score (nSPS) is 22.0. The minimum Gasteiger partial charge on any atom is -0.493 e. The molecule has 1 unspecified atom stereocenters. The van der Waals surface area contributed by atoms with E-state index in [2.05, 4.69) is 34.5 Å². The summed E-state index contributed by atoms with van der Waals surface area (Å²) in [5.41, 5.74) is 1.40. The van der Waals surface area contributed by atoms with Gasteiger partial charge in [-0.15, -0.1) is 12.4 Å². The van der Waals surface area contributed by atoms with E-state index in [0.717, 1.165) is 31.4 Å². The lowest BCUT2D eigenvalue weighted by Gasteiger charge is -2.24. The van der Waals surface area contributed by atoms with E-state index in [1.165, 1.54) is 37.8 Å². The van der Waals surface area contributed by atoms with Crippen molar-refractivity contribution in [3.05, 3.63) is 29.8 Å². The number of nitrogens with zero attached hydrogens (tertiary/aromatic N) is 1. The number of benzene rings is 1. The Balaban J connectivity index is 0.00000161. The van der Waals surface area contributed by atoms with Gasteiger partial charge >= 0.3 is 0 Å². The molecule has 0 radical (unpaired) electrons. The first-order valence-corrected chi connectivity index (χ1v) is 7.95.